The van der Waals surface area contributed by atoms with Gasteiger partial charge in [0.1, 0.15) is 5.69 Å². The molecular weight excluding hydrogens is 267 g/mol. The van der Waals surface area contributed by atoms with Crippen LogP contribution < -0.4 is 10.6 Å². The van der Waals surface area contributed by atoms with E-state index in [0.717, 1.165) is 17.7 Å². The normalized spacial score (nSPS) is 10.9. The molecule has 0 heterocycles. The van der Waals surface area contributed by atoms with E-state index in [-0.39, 0.29) is 6.54 Å². The first-order valence-corrected chi connectivity index (χ1v) is 5.84. The van der Waals surface area contributed by atoms with Crippen molar-refractivity contribution in [2.75, 3.05) is 25.0 Å². The Morgan fingerprint density at radius 1 is 0.789 bits per heavy atom. The van der Waals surface area contributed by atoms with Crippen molar-refractivity contribution in [2.24, 2.45) is 5.73 Å². The first-order chi connectivity index (χ1) is 8.91. The number of nitrogens with zero attached hydrogens (tertiary/aromatic N) is 1. The number of halogens is 5. The zero-order valence-electron chi connectivity index (χ0n) is 10.4. The van der Waals surface area contributed by atoms with E-state index in [0.29, 0.717) is 13.0 Å². The Hall–Kier alpha value is -1.37. The number of unbranched alkanes of at least 4 members (excludes halogenated alkanes) is 2. The molecule has 0 aliphatic rings. The summed E-state index contributed by atoms with van der Waals surface area (Å²) in [5, 5.41) is 0. The first-order valence-electron chi connectivity index (χ1n) is 5.84. The second kappa shape index (κ2) is 6.70. The van der Waals surface area contributed by atoms with Crippen molar-refractivity contribution in [2.45, 2.75) is 19.3 Å². The Morgan fingerprint density at radius 2 is 1.26 bits per heavy atom. The van der Waals surface area contributed by atoms with Crippen LogP contribution in [-0.4, -0.2) is 20.1 Å². The fraction of sp³-hybridized carbons (Fsp3) is 0.500. The predicted molar refractivity (Wildman–Crippen MR) is 62.4 cm³/mol. The third kappa shape index (κ3) is 3.34. The molecule has 2 nitrogen and oxygen atoms in total. The average Bonchev–Trinajstić information content (AvgIpc) is 2.39. The Bertz CT molecular complexity index is 421. The van der Waals surface area contributed by atoms with Crippen LogP contribution in [0.25, 0.3) is 0 Å². The highest BCUT2D eigenvalue weighted by Crippen LogP contribution is 2.29. The van der Waals surface area contributed by atoms with Gasteiger partial charge in [-0.15, -0.1) is 0 Å². The van der Waals surface area contributed by atoms with Gasteiger partial charge >= 0.3 is 0 Å². The number of hydrogen-bond acceptors (Lipinski definition) is 2. The van der Waals surface area contributed by atoms with Crippen molar-refractivity contribution in [3.8, 4) is 0 Å². The lowest BCUT2D eigenvalue weighted by molar-refractivity contribution is 0.378. The van der Waals surface area contributed by atoms with Gasteiger partial charge in [-0.3, -0.25) is 0 Å². The van der Waals surface area contributed by atoms with E-state index in [1.54, 1.807) is 0 Å². The first kappa shape index (κ1) is 15.7. The van der Waals surface area contributed by atoms with E-state index in [1.807, 2.05) is 0 Å². The summed E-state index contributed by atoms with van der Waals surface area (Å²) in [5.74, 6) is -9.61. The van der Waals surface area contributed by atoms with Gasteiger partial charge in [-0.25, -0.2) is 22.0 Å². The quantitative estimate of drug-likeness (QED) is 0.376. The van der Waals surface area contributed by atoms with E-state index >= 15 is 0 Å². The Balaban J connectivity index is 2.94. The van der Waals surface area contributed by atoms with Gasteiger partial charge in [0.05, 0.1) is 0 Å². The predicted octanol–water partition coefficient (Wildman–Crippen LogP) is 2.95. The van der Waals surface area contributed by atoms with Crippen LogP contribution in [0.5, 0.6) is 0 Å². The Kier molecular flexibility index (Phi) is 5.53. The van der Waals surface area contributed by atoms with Crippen LogP contribution in [0.3, 0.4) is 0 Å². The summed E-state index contributed by atoms with van der Waals surface area (Å²) in [4.78, 5) is 1.02. The van der Waals surface area contributed by atoms with Crippen LogP contribution in [0.15, 0.2) is 0 Å². The molecule has 0 unspecified atom stereocenters. The lowest BCUT2D eigenvalue weighted by Crippen LogP contribution is -2.23. The van der Waals surface area contributed by atoms with Crippen LogP contribution in [0.4, 0.5) is 27.6 Å². The third-order valence-electron chi connectivity index (χ3n) is 2.77. The van der Waals surface area contributed by atoms with Gasteiger partial charge in [0.2, 0.25) is 5.82 Å². The van der Waals surface area contributed by atoms with Crippen molar-refractivity contribution in [1.82, 2.24) is 0 Å². The fourth-order valence-corrected chi connectivity index (χ4v) is 1.71. The number of nitrogens with two attached hydrogens (primary N) is 1. The molecule has 0 aliphatic carbocycles. The summed E-state index contributed by atoms with van der Waals surface area (Å²) >= 11 is 0. The summed E-state index contributed by atoms with van der Waals surface area (Å²) in [6.07, 6.45) is 2.01. The standard InChI is InChI=1S/C12H15F5N2/c1-19(6-4-2-3-5-18)12-10(16)8(14)7(13)9(15)11(12)17/h2-6,18H2,1H3. The van der Waals surface area contributed by atoms with Gasteiger partial charge in [0, 0.05) is 13.6 Å². The van der Waals surface area contributed by atoms with E-state index in [2.05, 4.69) is 0 Å². The van der Waals surface area contributed by atoms with Gasteiger partial charge in [0.25, 0.3) is 0 Å². The molecule has 19 heavy (non-hydrogen) atoms. The van der Waals surface area contributed by atoms with Gasteiger partial charge in [-0.2, -0.15) is 0 Å². The summed E-state index contributed by atoms with van der Waals surface area (Å²) in [6.45, 7) is 0.671. The van der Waals surface area contributed by atoms with Gasteiger partial charge < -0.3 is 10.6 Å². The van der Waals surface area contributed by atoms with Crippen molar-refractivity contribution in [3.05, 3.63) is 29.1 Å². The van der Waals surface area contributed by atoms with Crippen LogP contribution in [0.2, 0.25) is 0 Å². The van der Waals surface area contributed by atoms with Gasteiger partial charge in [-0.05, 0) is 19.4 Å². The molecule has 0 amide bonds. The zero-order valence-corrected chi connectivity index (χ0v) is 10.4. The van der Waals surface area contributed by atoms with E-state index < -0.39 is 34.8 Å². The van der Waals surface area contributed by atoms with Crippen molar-refractivity contribution >= 4 is 5.69 Å². The number of anilines is 1. The molecule has 0 radical (unpaired) electrons. The fourth-order valence-electron chi connectivity index (χ4n) is 1.71. The van der Waals surface area contributed by atoms with E-state index in [4.69, 9.17) is 5.73 Å². The smallest absolute Gasteiger partial charge is 0.200 e. The number of rotatable bonds is 6. The van der Waals surface area contributed by atoms with Crippen LogP contribution >= 0.6 is 0 Å². The molecule has 0 bridgehead atoms. The maximum absolute atomic E-state index is 13.4. The molecular formula is C12H15F5N2. The Morgan fingerprint density at radius 3 is 1.74 bits per heavy atom. The van der Waals surface area contributed by atoms with E-state index in [9.17, 15) is 22.0 Å². The molecule has 0 saturated carbocycles. The molecule has 0 spiro atoms. The molecule has 0 saturated heterocycles. The molecule has 108 valence electrons. The maximum atomic E-state index is 13.4. The lowest BCUT2D eigenvalue weighted by atomic mass is 10.2. The highest BCUT2D eigenvalue weighted by molar-refractivity contribution is 5.49. The molecule has 1 rings (SSSR count). The second-order valence-electron chi connectivity index (χ2n) is 4.19. The Labute approximate surface area is 108 Å². The maximum Gasteiger partial charge on any atom is 0.200 e. The van der Waals surface area contributed by atoms with E-state index in [1.165, 1.54) is 7.05 Å². The van der Waals surface area contributed by atoms with Crippen molar-refractivity contribution in [3.63, 3.8) is 0 Å². The topological polar surface area (TPSA) is 29.3 Å². The van der Waals surface area contributed by atoms with Gasteiger partial charge in [0.15, 0.2) is 23.3 Å². The molecule has 1 aromatic carbocycles. The third-order valence-corrected chi connectivity index (χ3v) is 2.77. The second-order valence-corrected chi connectivity index (χ2v) is 4.19. The van der Waals surface area contributed by atoms with Crippen molar-refractivity contribution in [1.29, 1.82) is 0 Å². The van der Waals surface area contributed by atoms with Gasteiger partial charge in [-0.1, -0.05) is 6.42 Å². The minimum atomic E-state index is -2.14. The van der Waals surface area contributed by atoms with Crippen LogP contribution in [0, 0.1) is 29.1 Å². The molecule has 1 aromatic rings. The number of hydrogen-bond donors (Lipinski definition) is 1. The minimum absolute atomic E-state index is 0.179. The van der Waals surface area contributed by atoms with Crippen LogP contribution in [-0.2, 0) is 0 Å². The summed E-state index contributed by atoms with van der Waals surface area (Å²) in [7, 11) is 1.28. The SMILES string of the molecule is CN(CCCCCN)c1c(F)c(F)c(F)c(F)c1F. The summed E-state index contributed by atoms with van der Waals surface area (Å²) in [5.41, 5.74) is 4.39. The largest absolute Gasteiger partial charge is 0.370 e. The monoisotopic (exact) mass is 282 g/mol. The van der Waals surface area contributed by atoms with Crippen LogP contribution in [0.1, 0.15) is 19.3 Å². The highest BCUT2D eigenvalue weighted by Gasteiger charge is 2.27. The molecule has 0 fully saturated rings. The highest BCUT2D eigenvalue weighted by atomic mass is 19.2. The molecule has 2 N–H and O–H groups in total. The molecule has 0 atom stereocenters. The average molecular weight is 282 g/mol. The lowest BCUT2D eigenvalue weighted by Gasteiger charge is -2.21. The summed E-state index contributed by atoms with van der Waals surface area (Å²) in [6, 6.07) is 0. The molecule has 0 aromatic heterocycles. The van der Waals surface area contributed by atoms with Crippen molar-refractivity contribution < 1.29 is 22.0 Å². The number of benzene rings is 1. The summed E-state index contributed by atoms with van der Waals surface area (Å²) < 4.78 is 65.7. The zero-order chi connectivity index (χ0) is 14.6. The molecule has 0 aliphatic heterocycles. The minimum Gasteiger partial charge on any atom is -0.370 e. The molecule has 7 heteroatoms.